The first kappa shape index (κ1) is 9.88. The van der Waals surface area contributed by atoms with E-state index in [4.69, 9.17) is 9.84 Å². The summed E-state index contributed by atoms with van der Waals surface area (Å²) in [6.45, 7) is 1.45. The molecule has 0 aromatic carbocycles. The number of ether oxygens (including phenoxy) is 1. The van der Waals surface area contributed by atoms with E-state index in [0.717, 1.165) is 0 Å². The minimum absolute atomic E-state index is 0.164. The normalized spacial score (nSPS) is 49.2. The Morgan fingerprint density at radius 2 is 2.00 bits per heavy atom. The summed E-state index contributed by atoms with van der Waals surface area (Å²) >= 11 is 0. The van der Waals surface area contributed by atoms with Gasteiger partial charge in [-0.2, -0.15) is 0 Å². The molecule has 1 fully saturated rings. The van der Waals surface area contributed by atoms with Crippen LogP contribution in [0.1, 0.15) is 13.3 Å². The van der Waals surface area contributed by atoms with Gasteiger partial charge in [-0.25, -0.2) is 0 Å². The van der Waals surface area contributed by atoms with Crippen LogP contribution in [0, 0.1) is 0 Å². The number of aliphatic hydroxyl groups excluding tert-OH is 3. The second kappa shape index (κ2) is 3.27. The van der Waals surface area contributed by atoms with E-state index in [0.29, 0.717) is 0 Å². The molecule has 12 heavy (non-hydrogen) atoms. The first-order valence-electron chi connectivity index (χ1n) is 3.92. The van der Waals surface area contributed by atoms with Crippen LogP contribution in [0.3, 0.4) is 0 Å². The van der Waals surface area contributed by atoms with Gasteiger partial charge in [0.25, 0.3) is 0 Å². The Labute approximate surface area is 70.2 Å². The van der Waals surface area contributed by atoms with Crippen molar-refractivity contribution in [3.05, 3.63) is 0 Å². The Balaban J connectivity index is 2.71. The molecule has 0 aromatic rings. The van der Waals surface area contributed by atoms with Gasteiger partial charge in [-0.15, -0.1) is 0 Å². The van der Waals surface area contributed by atoms with Gasteiger partial charge in [0.15, 0.2) is 5.79 Å². The third-order valence-electron chi connectivity index (χ3n) is 2.19. The summed E-state index contributed by atoms with van der Waals surface area (Å²) < 4.78 is 4.81. The molecule has 0 aromatic heterocycles. The van der Waals surface area contributed by atoms with Crippen LogP contribution >= 0.6 is 0 Å². The smallest absolute Gasteiger partial charge is 0.194 e. The van der Waals surface area contributed by atoms with Gasteiger partial charge in [-0.05, 0) is 0 Å². The summed E-state index contributed by atoms with van der Waals surface area (Å²) in [4.78, 5) is 0. The maximum atomic E-state index is 9.49. The zero-order valence-corrected chi connectivity index (χ0v) is 6.84. The van der Waals surface area contributed by atoms with Gasteiger partial charge >= 0.3 is 0 Å². The molecule has 5 heteroatoms. The molecule has 4 atom stereocenters. The molecule has 0 amide bonds. The summed E-state index contributed by atoms with van der Waals surface area (Å²) in [5.74, 6) is -1.72. The number of rotatable bonds is 1. The van der Waals surface area contributed by atoms with E-state index in [1.54, 1.807) is 6.92 Å². The molecule has 0 saturated carbocycles. The van der Waals surface area contributed by atoms with E-state index in [1.807, 2.05) is 0 Å². The van der Waals surface area contributed by atoms with Crippen molar-refractivity contribution in [1.82, 2.24) is 0 Å². The molecule has 0 radical (unpaired) electrons. The summed E-state index contributed by atoms with van der Waals surface area (Å²) in [6.07, 6.45) is -3.76. The molecular weight excluding hydrogens is 164 g/mol. The highest BCUT2D eigenvalue weighted by atomic mass is 16.6. The minimum atomic E-state index is -1.72. The first-order chi connectivity index (χ1) is 5.51. The van der Waals surface area contributed by atoms with Gasteiger partial charge in [0, 0.05) is 6.42 Å². The van der Waals surface area contributed by atoms with Crippen LogP contribution in [0.25, 0.3) is 0 Å². The van der Waals surface area contributed by atoms with Crippen LogP contribution < -0.4 is 0 Å². The van der Waals surface area contributed by atoms with E-state index >= 15 is 0 Å². The Morgan fingerprint density at radius 1 is 1.42 bits per heavy atom. The molecule has 1 aliphatic heterocycles. The predicted octanol–water partition coefficient (Wildman–Crippen LogP) is -1.80. The van der Waals surface area contributed by atoms with E-state index in [-0.39, 0.29) is 13.0 Å². The molecule has 72 valence electrons. The van der Waals surface area contributed by atoms with Gasteiger partial charge in [0.05, 0.1) is 6.61 Å². The molecule has 1 rings (SSSR count). The number of aliphatic hydroxyl groups is 4. The van der Waals surface area contributed by atoms with Crippen LogP contribution in [0.15, 0.2) is 0 Å². The van der Waals surface area contributed by atoms with Gasteiger partial charge in [0.1, 0.15) is 18.3 Å². The molecule has 1 heterocycles. The fourth-order valence-electron chi connectivity index (χ4n) is 1.20. The maximum absolute atomic E-state index is 9.49. The Kier molecular flexibility index (Phi) is 2.70. The molecule has 0 bridgehead atoms. The molecule has 5 nitrogen and oxygen atoms in total. The van der Waals surface area contributed by atoms with E-state index in [1.165, 1.54) is 0 Å². The van der Waals surface area contributed by atoms with Crippen LogP contribution in [0.2, 0.25) is 0 Å². The summed E-state index contributed by atoms with van der Waals surface area (Å²) in [7, 11) is 0. The zero-order chi connectivity index (χ0) is 9.35. The summed E-state index contributed by atoms with van der Waals surface area (Å²) in [5, 5.41) is 37.0. The Morgan fingerprint density at radius 3 is 2.50 bits per heavy atom. The van der Waals surface area contributed by atoms with Crippen molar-refractivity contribution in [3.63, 3.8) is 0 Å². The third kappa shape index (κ3) is 1.46. The van der Waals surface area contributed by atoms with Crippen molar-refractivity contribution < 1.29 is 25.2 Å². The molecule has 1 saturated heterocycles. The molecule has 0 unspecified atom stereocenters. The lowest BCUT2D eigenvalue weighted by molar-refractivity contribution is -0.321. The van der Waals surface area contributed by atoms with Crippen molar-refractivity contribution in [2.24, 2.45) is 0 Å². The monoisotopic (exact) mass is 178 g/mol. The second-order valence-corrected chi connectivity index (χ2v) is 3.01. The van der Waals surface area contributed by atoms with Crippen molar-refractivity contribution in [3.8, 4) is 0 Å². The van der Waals surface area contributed by atoms with Crippen molar-refractivity contribution in [2.75, 3.05) is 6.61 Å². The van der Waals surface area contributed by atoms with Crippen LogP contribution in [0.4, 0.5) is 0 Å². The lowest BCUT2D eigenvalue weighted by Crippen LogP contribution is -2.60. The average Bonchev–Trinajstić information content (AvgIpc) is 2.09. The standard InChI is InChI=1S/C7H14O5/c1-2-7(11)6(10)5(9)4(8)3-12-7/h4-6,8-11H,2-3H2,1H3/t4-,5-,6-,7-/m1/s1. The van der Waals surface area contributed by atoms with Crippen LogP contribution in [0.5, 0.6) is 0 Å². The van der Waals surface area contributed by atoms with Gasteiger partial charge in [-0.3, -0.25) is 0 Å². The zero-order valence-electron chi connectivity index (χ0n) is 6.84. The Bertz CT molecular complexity index is 162. The minimum Gasteiger partial charge on any atom is -0.388 e. The second-order valence-electron chi connectivity index (χ2n) is 3.01. The van der Waals surface area contributed by atoms with E-state index in [2.05, 4.69) is 0 Å². The van der Waals surface area contributed by atoms with E-state index < -0.39 is 24.1 Å². The highest BCUT2D eigenvalue weighted by Crippen LogP contribution is 2.26. The first-order valence-corrected chi connectivity index (χ1v) is 3.92. The molecule has 1 aliphatic rings. The fraction of sp³-hybridized carbons (Fsp3) is 1.00. The van der Waals surface area contributed by atoms with Gasteiger partial charge < -0.3 is 25.2 Å². The third-order valence-corrected chi connectivity index (χ3v) is 2.19. The van der Waals surface area contributed by atoms with Crippen LogP contribution in [-0.2, 0) is 4.74 Å². The van der Waals surface area contributed by atoms with Crippen LogP contribution in [-0.4, -0.2) is 51.1 Å². The maximum Gasteiger partial charge on any atom is 0.194 e. The lowest BCUT2D eigenvalue weighted by Gasteiger charge is -2.41. The predicted molar refractivity (Wildman–Crippen MR) is 39.2 cm³/mol. The number of hydrogen-bond acceptors (Lipinski definition) is 5. The average molecular weight is 178 g/mol. The Hall–Kier alpha value is -0.200. The molecule has 0 spiro atoms. The quantitative estimate of drug-likeness (QED) is 0.380. The van der Waals surface area contributed by atoms with Gasteiger partial charge in [0.2, 0.25) is 0 Å². The topological polar surface area (TPSA) is 90.2 Å². The lowest BCUT2D eigenvalue weighted by atomic mass is 9.95. The van der Waals surface area contributed by atoms with E-state index in [9.17, 15) is 15.3 Å². The summed E-state index contributed by atoms with van der Waals surface area (Å²) in [5.41, 5.74) is 0. The van der Waals surface area contributed by atoms with Crippen molar-refractivity contribution >= 4 is 0 Å². The largest absolute Gasteiger partial charge is 0.388 e. The molecular formula is C7H14O5. The molecule has 4 N–H and O–H groups in total. The summed E-state index contributed by atoms with van der Waals surface area (Å²) in [6, 6.07) is 0. The van der Waals surface area contributed by atoms with Crippen molar-refractivity contribution in [1.29, 1.82) is 0 Å². The SMILES string of the molecule is CC[C@@]1(O)OC[C@@H](O)[C@@H](O)[C@H]1O. The highest BCUT2D eigenvalue weighted by molar-refractivity contribution is 4.90. The van der Waals surface area contributed by atoms with Gasteiger partial charge in [-0.1, -0.05) is 6.92 Å². The molecule has 0 aliphatic carbocycles. The fourth-order valence-corrected chi connectivity index (χ4v) is 1.20. The van der Waals surface area contributed by atoms with Crippen molar-refractivity contribution in [2.45, 2.75) is 37.4 Å². The number of hydrogen-bond donors (Lipinski definition) is 4. The highest BCUT2D eigenvalue weighted by Gasteiger charge is 2.46.